The van der Waals surface area contributed by atoms with Gasteiger partial charge in [0.25, 0.3) is 0 Å². The van der Waals surface area contributed by atoms with Gasteiger partial charge in [0, 0.05) is 12.1 Å². The van der Waals surface area contributed by atoms with Crippen LogP contribution in [0.25, 0.3) is 0 Å². The third kappa shape index (κ3) is 7.89. The van der Waals surface area contributed by atoms with Gasteiger partial charge in [0.15, 0.2) is 0 Å². The van der Waals surface area contributed by atoms with E-state index < -0.39 is 0 Å². The molecule has 1 rings (SSSR count). The molecule has 0 fully saturated rings. The largest absolute Gasteiger partial charge is 0.494 e. The first-order chi connectivity index (χ1) is 11.8. The van der Waals surface area contributed by atoms with Crippen LogP contribution >= 0.6 is 0 Å². The summed E-state index contributed by atoms with van der Waals surface area (Å²) in [5, 5.41) is 5.62. The Morgan fingerprint density at radius 1 is 1.08 bits per heavy atom. The summed E-state index contributed by atoms with van der Waals surface area (Å²) >= 11 is 0. The number of carbonyl (C=O) groups excluding carboxylic acids is 2. The van der Waals surface area contributed by atoms with Crippen molar-refractivity contribution in [3.05, 3.63) is 18.2 Å². The molecule has 0 spiro atoms. The van der Waals surface area contributed by atoms with E-state index in [4.69, 9.17) is 9.47 Å². The molecule has 1 aromatic rings. The standard InChI is InChI=1S/C18H29N3O4/c1-6-24-14-8-9-16(25-7-2)15(10-14)20-18(23)12-21(5)11-17(22)19-13(3)4/h8-10,13H,6-7,11-12H2,1-5H3,(H,19,22)(H,20,23). The van der Waals surface area contributed by atoms with Crippen molar-refractivity contribution in [1.29, 1.82) is 0 Å². The number of anilines is 1. The maximum absolute atomic E-state index is 12.3. The molecule has 0 aliphatic heterocycles. The fraction of sp³-hybridized carbons (Fsp3) is 0.556. The van der Waals surface area contributed by atoms with Crippen LogP contribution in [0.15, 0.2) is 18.2 Å². The van der Waals surface area contributed by atoms with E-state index in [-0.39, 0.29) is 30.9 Å². The van der Waals surface area contributed by atoms with Gasteiger partial charge in [0.2, 0.25) is 11.8 Å². The second-order valence-corrected chi connectivity index (χ2v) is 5.97. The van der Waals surface area contributed by atoms with Crippen molar-refractivity contribution in [2.45, 2.75) is 33.7 Å². The molecule has 1 aromatic carbocycles. The minimum absolute atomic E-state index is 0.0739. The van der Waals surface area contributed by atoms with Gasteiger partial charge in [0.05, 0.1) is 32.0 Å². The van der Waals surface area contributed by atoms with E-state index in [1.807, 2.05) is 27.7 Å². The Morgan fingerprint density at radius 2 is 1.72 bits per heavy atom. The average Bonchev–Trinajstić information content (AvgIpc) is 2.49. The summed E-state index contributed by atoms with van der Waals surface area (Å²) in [6, 6.07) is 5.37. The van der Waals surface area contributed by atoms with E-state index in [0.717, 1.165) is 0 Å². The maximum atomic E-state index is 12.3. The van der Waals surface area contributed by atoms with Crippen LogP contribution in [0.2, 0.25) is 0 Å². The Hall–Kier alpha value is -2.28. The maximum Gasteiger partial charge on any atom is 0.238 e. The molecule has 0 aliphatic carbocycles. The third-order valence-corrected chi connectivity index (χ3v) is 3.11. The highest BCUT2D eigenvalue weighted by atomic mass is 16.5. The van der Waals surface area contributed by atoms with Crippen LogP contribution in [0.5, 0.6) is 11.5 Å². The van der Waals surface area contributed by atoms with Crippen molar-refractivity contribution in [3.63, 3.8) is 0 Å². The molecule has 0 radical (unpaired) electrons. The van der Waals surface area contributed by atoms with Crippen LogP contribution < -0.4 is 20.1 Å². The predicted octanol–water partition coefficient (Wildman–Crippen LogP) is 1.88. The molecule has 0 saturated carbocycles. The van der Waals surface area contributed by atoms with E-state index in [1.54, 1.807) is 30.1 Å². The molecule has 0 aliphatic rings. The van der Waals surface area contributed by atoms with E-state index in [2.05, 4.69) is 10.6 Å². The monoisotopic (exact) mass is 351 g/mol. The van der Waals surface area contributed by atoms with Gasteiger partial charge in [-0.2, -0.15) is 0 Å². The van der Waals surface area contributed by atoms with Gasteiger partial charge in [-0.05, 0) is 46.9 Å². The van der Waals surface area contributed by atoms with Gasteiger partial charge in [-0.25, -0.2) is 0 Å². The lowest BCUT2D eigenvalue weighted by molar-refractivity contribution is -0.123. The number of ether oxygens (including phenoxy) is 2. The molecule has 2 N–H and O–H groups in total. The highest BCUT2D eigenvalue weighted by Crippen LogP contribution is 2.29. The molecule has 140 valence electrons. The zero-order valence-corrected chi connectivity index (χ0v) is 15.7. The van der Waals surface area contributed by atoms with Crippen molar-refractivity contribution in [2.24, 2.45) is 0 Å². The highest BCUT2D eigenvalue weighted by molar-refractivity contribution is 5.94. The molecular formula is C18H29N3O4. The van der Waals surface area contributed by atoms with Crippen LogP contribution in [0.3, 0.4) is 0 Å². The zero-order chi connectivity index (χ0) is 18.8. The number of carbonyl (C=O) groups is 2. The predicted molar refractivity (Wildman–Crippen MR) is 98.2 cm³/mol. The van der Waals surface area contributed by atoms with E-state index in [9.17, 15) is 9.59 Å². The summed E-state index contributed by atoms with van der Waals surface area (Å²) in [5.74, 6) is 0.901. The lowest BCUT2D eigenvalue weighted by Crippen LogP contribution is -2.41. The number of likely N-dealkylation sites (N-methyl/N-ethyl adjacent to an activating group) is 1. The lowest BCUT2D eigenvalue weighted by Gasteiger charge is -2.18. The second-order valence-electron chi connectivity index (χ2n) is 5.97. The molecular weight excluding hydrogens is 322 g/mol. The summed E-state index contributed by atoms with van der Waals surface area (Å²) in [4.78, 5) is 25.7. The van der Waals surface area contributed by atoms with Crippen LogP contribution in [0.4, 0.5) is 5.69 Å². The van der Waals surface area contributed by atoms with Gasteiger partial charge in [-0.15, -0.1) is 0 Å². The molecule has 25 heavy (non-hydrogen) atoms. The van der Waals surface area contributed by atoms with Gasteiger partial charge < -0.3 is 20.1 Å². The molecule has 0 saturated heterocycles. The molecule has 0 atom stereocenters. The zero-order valence-electron chi connectivity index (χ0n) is 15.7. The third-order valence-electron chi connectivity index (χ3n) is 3.11. The number of rotatable bonds is 10. The Bertz CT molecular complexity index is 575. The summed E-state index contributed by atoms with van der Waals surface area (Å²) in [5.41, 5.74) is 0.554. The van der Waals surface area contributed by atoms with Gasteiger partial charge >= 0.3 is 0 Å². The van der Waals surface area contributed by atoms with E-state index in [0.29, 0.717) is 30.4 Å². The number of nitrogens with one attached hydrogen (secondary N) is 2. The minimum Gasteiger partial charge on any atom is -0.494 e. The number of hydrogen-bond acceptors (Lipinski definition) is 5. The molecule has 0 unspecified atom stereocenters. The van der Waals surface area contributed by atoms with Crippen molar-refractivity contribution in [3.8, 4) is 11.5 Å². The topological polar surface area (TPSA) is 79.9 Å². The minimum atomic E-state index is -0.227. The van der Waals surface area contributed by atoms with Gasteiger partial charge in [0.1, 0.15) is 11.5 Å². The molecule has 2 amide bonds. The number of hydrogen-bond donors (Lipinski definition) is 2. The Morgan fingerprint density at radius 3 is 2.32 bits per heavy atom. The number of amides is 2. The normalized spacial score (nSPS) is 10.7. The second kappa shape index (κ2) is 10.6. The average molecular weight is 351 g/mol. The fourth-order valence-electron chi connectivity index (χ4n) is 2.25. The van der Waals surface area contributed by atoms with Crippen molar-refractivity contribution in [2.75, 3.05) is 38.7 Å². The Labute approximate surface area is 149 Å². The fourth-order valence-corrected chi connectivity index (χ4v) is 2.25. The first-order valence-corrected chi connectivity index (χ1v) is 8.53. The van der Waals surface area contributed by atoms with Gasteiger partial charge in [-0.1, -0.05) is 0 Å². The van der Waals surface area contributed by atoms with Crippen LogP contribution in [0, 0.1) is 0 Å². The van der Waals surface area contributed by atoms with Crippen LogP contribution in [-0.4, -0.2) is 56.1 Å². The van der Waals surface area contributed by atoms with E-state index in [1.165, 1.54) is 0 Å². The lowest BCUT2D eigenvalue weighted by atomic mass is 10.2. The van der Waals surface area contributed by atoms with Crippen molar-refractivity contribution in [1.82, 2.24) is 10.2 Å². The highest BCUT2D eigenvalue weighted by Gasteiger charge is 2.14. The molecule has 7 nitrogen and oxygen atoms in total. The first-order valence-electron chi connectivity index (χ1n) is 8.53. The summed E-state index contributed by atoms with van der Waals surface area (Å²) < 4.78 is 11.0. The summed E-state index contributed by atoms with van der Waals surface area (Å²) in [6.45, 7) is 8.84. The molecule has 7 heteroatoms. The quantitative estimate of drug-likeness (QED) is 0.673. The van der Waals surface area contributed by atoms with Gasteiger partial charge in [-0.3, -0.25) is 14.5 Å². The van der Waals surface area contributed by atoms with Crippen molar-refractivity contribution >= 4 is 17.5 Å². The van der Waals surface area contributed by atoms with E-state index >= 15 is 0 Å². The first kappa shape index (κ1) is 20.8. The number of benzene rings is 1. The Balaban J connectivity index is 2.68. The van der Waals surface area contributed by atoms with Crippen LogP contribution in [-0.2, 0) is 9.59 Å². The molecule has 0 aromatic heterocycles. The SMILES string of the molecule is CCOc1ccc(OCC)c(NC(=O)CN(C)CC(=O)NC(C)C)c1. The molecule has 0 bridgehead atoms. The van der Waals surface area contributed by atoms with Crippen molar-refractivity contribution < 1.29 is 19.1 Å². The smallest absolute Gasteiger partial charge is 0.238 e. The van der Waals surface area contributed by atoms with Crippen LogP contribution in [0.1, 0.15) is 27.7 Å². The number of nitrogens with zero attached hydrogens (tertiary/aromatic N) is 1. The summed E-state index contributed by atoms with van der Waals surface area (Å²) in [6.07, 6.45) is 0. The summed E-state index contributed by atoms with van der Waals surface area (Å²) in [7, 11) is 1.72. The Kier molecular flexibility index (Phi) is 8.77. The molecule has 0 heterocycles.